The number of non-ortho nitro benzene ring substituents is 1. The predicted molar refractivity (Wildman–Crippen MR) is 79.2 cm³/mol. The van der Waals surface area contributed by atoms with E-state index in [1.54, 1.807) is 12.1 Å². The number of hydrogen-bond acceptors (Lipinski definition) is 5. The van der Waals surface area contributed by atoms with Gasteiger partial charge in [0.05, 0.1) is 16.9 Å². The van der Waals surface area contributed by atoms with Crippen LogP contribution in [0, 0.1) is 10.1 Å². The molecule has 0 saturated heterocycles. The van der Waals surface area contributed by atoms with Gasteiger partial charge in [0.1, 0.15) is 6.61 Å². The zero-order chi connectivity index (χ0) is 16.4. The Morgan fingerprint density at radius 1 is 1.13 bits per heavy atom. The highest BCUT2D eigenvalue weighted by Crippen LogP contribution is 2.25. The van der Waals surface area contributed by atoms with Crippen molar-refractivity contribution in [3.8, 4) is 0 Å². The van der Waals surface area contributed by atoms with Gasteiger partial charge in [-0.2, -0.15) is 0 Å². The number of hydroxylamine groups is 2. The fraction of sp³-hybridized carbons (Fsp3) is 0.125. The van der Waals surface area contributed by atoms with E-state index in [-0.39, 0.29) is 24.3 Å². The molecule has 0 bridgehead atoms. The normalized spacial score (nSPS) is 13.8. The van der Waals surface area contributed by atoms with Crippen LogP contribution in [0.25, 0.3) is 0 Å². The second-order valence-corrected chi connectivity index (χ2v) is 5.03. The maximum absolute atomic E-state index is 12.4. The minimum Gasteiger partial charge on any atom is -0.272 e. The number of benzene rings is 2. The summed E-state index contributed by atoms with van der Waals surface area (Å²) >= 11 is 0. The third-order valence-electron chi connectivity index (χ3n) is 3.49. The number of carbonyl (C=O) groups excluding carboxylic acids is 2. The third kappa shape index (κ3) is 2.95. The molecule has 0 N–H and O–H groups in total. The van der Waals surface area contributed by atoms with Gasteiger partial charge in [-0.1, -0.05) is 36.4 Å². The van der Waals surface area contributed by atoms with Crippen LogP contribution in [0.15, 0.2) is 48.5 Å². The molecule has 1 aliphatic rings. The van der Waals surface area contributed by atoms with Crippen molar-refractivity contribution in [3.05, 3.63) is 75.3 Å². The van der Waals surface area contributed by atoms with Crippen LogP contribution in [0.2, 0.25) is 0 Å². The summed E-state index contributed by atoms with van der Waals surface area (Å²) in [5.74, 6) is -1.18. The molecule has 2 amide bonds. The van der Waals surface area contributed by atoms with E-state index in [9.17, 15) is 19.7 Å². The van der Waals surface area contributed by atoms with Crippen molar-refractivity contribution in [2.24, 2.45) is 0 Å². The van der Waals surface area contributed by atoms with Gasteiger partial charge in [0.25, 0.3) is 17.5 Å². The number of amides is 2. The van der Waals surface area contributed by atoms with Crippen molar-refractivity contribution < 1.29 is 19.3 Å². The molecule has 0 atom stereocenters. The van der Waals surface area contributed by atoms with Crippen molar-refractivity contribution in [1.82, 2.24) is 5.06 Å². The molecule has 0 aromatic heterocycles. The molecule has 7 heteroatoms. The number of rotatable bonds is 4. The summed E-state index contributed by atoms with van der Waals surface area (Å²) in [6, 6.07) is 13.0. The Balaban J connectivity index is 1.83. The lowest BCUT2D eigenvalue weighted by Gasteiger charge is -2.25. The minimum absolute atomic E-state index is 0.0339. The summed E-state index contributed by atoms with van der Waals surface area (Å²) in [7, 11) is 0. The van der Waals surface area contributed by atoms with Crippen LogP contribution < -0.4 is 0 Å². The summed E-state index contributed by atoms with van der Waals surface area (Å²) in [5, 5.41) is 11.5. The number of fused-ring (bicyclic) bond motifs is 1. The van der Waals surface area contributed by atoms with E-state index >= 15 is 0 Å². The Bertz CT molecular complexity index is 788. The number of carbonyl (C=O) groups is 2. The highest BCUT2D eigenvalue weighted by Gasteiger charge is 2.33. The molecule has 2 aromatic rings. The van der Waals surface area contributed by atoms with Gasteiger partial charge in [-0.25, -0.2) is 0 Å². The smallest absolute Gasteiger partial charge is 0.272 e. The van der Waals surface area contributed by atoms with E-state index in [1.165, 1.54) is 18.2 Å². The first-order chi connectivity index (χ1) is 11.1. The van der Waals surface area contributed by atoms with Crippen LogP contribution >= 0.6 is 0 Å². The summed E-state index contributed by atoms with van der Waals surface area (Å²) in [5.41, 5.74) is 1.18. The van der Waals surface area contributed by atoms with Crippen molar-refractivity contribution in [2.75, 3.05) is 0 Å². The fourth-order valence-corrected chi connectivity index (χ4v) is 2.33. The summed E-state index contributed by atoms with van der Waals surface area (Å²) in [6.45, 7) is 0.0581. The predicted octanol–water partition coefficient (Wildman–Crippen LogP) is 2.25. The largest absolute Gasteiger partial charge is 0.285 e. The van der Waals surface area contributed by atoms with Gasteiger partial charge in [0, 0.05) is 12.1 Å². The molecule has 2 aromatic carbocycles. The second-order valence-electron chi connectivity index (χ2n) is 5.03. The Labute approximate surface area is 131 Å². The van der Waals surface area contributed by atoms with E-state index in [1.807, 2.05) is 18.2 Å². The highest BCUT2D eigenvalue weighted by molar-refractivity contribution is 6.09. The van der Waals surface area contributed by atoms with E-state index in [2.05, 4.69) is 0 Å². The van der Waals surface area contributed by atoms with Gasteiger partial charge in [0.15, 0.2) is 0 Å². The molecule has 0 aliphatic carbocycles. The lowest BCUT2D eigenvalue weighted by molar-refractivity contribution is -0.384. The molecule has 1 aliphatic heterocycles. The molecule has 3 rings (SSSR count). The topological polar surface area (TPSA) is 89.8 Å². The van der Waals surface area contributed by atoms with Crippen LogP contribution in [-0.4, -0.2) is 21.8 Å². The van der Waals surface area contributed by atoms with Crippen LogP contribution in [0.3, 0.4) is 0 Å². The summed E-state index contributed by atoms with van der Waals surface area (Å²) < 4.78 is 0. The third-order valence-corrected chi connectivity index (χ3v) is 3.49. The van der Waals surface area contributed by atoms with E-state index < -0.39 is 16.7 Å². The molecule has 7 nitrogen and oxygen atoms in total. The number of imide groups is 1. The standard InChI is InChI=1S/C16H12N2O5/c19-15-8-12-6-7-13(18(21)22)9-14(12)16(20)17(15)23-10-11-4-2-1-3-5-11/h1-7,9H,8,10H2. The first kappa shape index (κ1) is 14.9. The van der Waals surface area contributed by atoms with Crippen LogP contribution in [0.4, 0.5) is 5.69 Å². The zero-order valence-electron chi connectivity index (χ0n) is 12.0. The van der Waals surface area contributed by atoms with Crippen LogP contribution in [0.5, 0.6) is 0 Å². The van der Waals surface area contributed by atoms with Crippen molar-refractivity contribution in [3.63, 3.8) is 0 Å². The quantitative estimate of drug-likeness (QED) is 0.490. The molecular formula is C16H12N2O5. The van der Waals surface area contributed by atoms with Crippen molar-refractivity contribution in [1.29, 1.82) is 0 Å². The molecule has 0 radical (unpaired) electrons. The maximum Gasteiger partial charge on any atom is 0.285 e. The number of nitro benzene ring substituents is 1. The number of nitrogens with zero attached hydrogens (tertiary/aromatic N) is 2. The molecular weight excluding hydrogens is 300 g/mol. The van der Waals surface area contributed by atoms with Crippen molar-refractivity contribution in [2.45, 2.75) is 13.0 Å². The summed E-state index contributed by atoms with van der Waals surface area (Å²) in [6.07, 6.45) is -0.0339. The van der Waals surface area contributed by atoms with Gasteiger partial charge in [-0.15, -0.1) is 5.06 Å². The molecule has 1 heterocycles. The zero-order valence-corrected chi connectivity index (χ0v) is 12.0. The summed E-state index contributed by atoms with van der Waals surface area (Å²) in [4.78, 5) is 40.0. The highest BCUT2D eigenvalue weighted by atomic mass is 16.7. The van der Waals surface area contributed by atoms with Crippen LogP contribution in [-0.2, 0) is 22.7 Å². The van der Waals surface area contributed by atoms with E-state index in [4.69, 9.17) is 4.84 Å². The Hall–Kier alpha value is -3.06. The van der Waals surface area contributed by atoms with E-state index in [0.717, 1.165) is 5.56 Å². The second kappa shape index (κ2) is 5.98. The first-order valence-electron chi connectivity index (χ1n) is 6.87. The maximum atomic E-state index is 12.4. The lowest BCUT2D eigenvalue weighted by atomic mass is 9.99. The molecule has 116 valence electrons. The molecule has 0 unspecified atom stereocenters. The minimum atomic E-state index is -0.684. The lowest BCUT2D eigenvalue weighted by Crippen LogP contribution is -2.42. The monoisotopic (exact) mass is 312 g/mol. The van der Waals surface area contributed by atoms with Crippen LogP contribution in [0.1, 0.15) is 21.5 Å². The van der Waals surface area contributed by atoms with Crippen molar-refractivity contribution >= 4 is 17.5 Å². The van der Waals surface area contributed by atoms with Gasteiger partial charge in [-0.05, 0) is 11.1 Å². The van der Waals surface area contributed by atoms with Gasteiger partial charge >= 0.3 is 0 Å². The Kier molecular flexibility index (Phi) is 3.86. The number of hydrogen-bond donors (Lipinski definition) is 0. The fourth-order valence-electron chi connectivity index (χ4n) is 2.33. The molecule has 0 spiro atoms. The Morgan fingerprint density at radius 3 is 2.57 bits per heavy atom. The Morgan fingerprint density at radius 2 is 1.87 bits per heavy atom. The average molecular weight is 312 g/mol. The molecule has 0 saturated carbocycles. The molecule has 0 fully saturated rings. The molecule has 23 heavy (non-hydrogen) atoms. The van der Waals surface area contributed by atoms with Gasteiger partial charge in [0.2, 0.25) is 0 Å². The van der Waals surface area contributed by atoms with Gasteiger partial charge in [-0.3, -0.25) is 24.5 Å². The van der Waals surface area contributed by atoms with E-state index in [0.29, 0.717) is 10.6 Å². The first-order valence-corrected chi connectivity index (χ1v) is 6.87. The van der Waals surface area contributed by atoms with Gasteiger partial charge < -0.3 is 0 Å². The average Bonchev–Trinajstić information content (AvgIpc) is 2.55. The SMILES string of the molecule is O=C1Cc2ccc([N+](=O)[O-])cc2C(=O)N1OCc1ccccc1. The number of nitro groups is 1.